The molecule has 0 aliphatic heterocycles. The maximum absolute atomic E-state index is 12.3. The minimum atomic E-state index is -0.239. The summed E-state index contributed by atoms with van der Waals surface area (Å²) in [4.78, 5) is 12.3. The zero-order valence-electron chi connectivity index (χ0n) is 14.2. The van der Waals surface area contributed by atoms with Crippen LogP contribution in [0.2, 0.25) is 0 Å². The third-order valence-electron chi connectivity index (χ3n) is 3.59. The summed E-state index contributed by atoms with van der Waals surface area (Å²) in [6, 6.07) is 17.6. The highest BCUT2D eigenvalue weighted by Crippen LogP contribution is 2.15. The number of benzene rings is 2. The van der Waals surface area contributed by atoms with Gasteiger partial charge < -0.3 is 10.6 Å². The number of carbonyl (C=O) groups excluding carboxylic acids is 1. The molecule has 0 aliphatic carbocycles. The number of ketones is 1. The monoisotopic (exact) mass is 319 g/mol. The number of hydrogen-bond acceptors (Lipinski definition) is 4. The van der Waals surface area contributed by atoms with Crippen LogP contribution < -0.4 is 10.6 Å². The summed E-state index contributed by atoms with van der Waals surface area (Å²) in [5, 5.41) is 15.5. The molecule has 0 radical (unpaired) electrons. The van der Waals surface area contributed by atoms with Crippen LogP contribution >= 0.6 is 0 Å². The second-order valence-electron chi connectivity index (χ2n) is 5.75. The maximum Gasteiger partial charge on any atom is 0.194 e. The van der Waals surface area contributed by atoms with E-state index in [1.165, 1.54) is 0 Å². The van der Waals surface area contributed by atoms with E-state index in [2.05, 4.69) is 10.6 Å². The standard InChI is InChI=1S/C20H21N3O/c1-14-6-4-8-17(10-14)22-13-20(24)19(12-21)16(3)23-18-9-5-7-15(2)11-18/h4-11,22-23H,13H2,1-3H3/b19-16+. The Morgan fingerprint density at radius 2 is 1.62 bits per heavy atom. The van der Waals surface area contributed by atoms with Crippen molar-refractivity contribution in [1.82, 2.24) is 0 Å². The van der Waals surface area contributed by atoms with Gasteiger partial charge in [0.05, 0.1) is 6.54 Å². The molecule has 0 amide bonds. The molecule has 0 saturated carbocycles. The zero-order chi connectivity index (χ0) is 17.5. The first-order valence-corrected chi connectivity index (χ1v) is 7.78. The van der Waals surface area contributed by atoms with Crippen molar-refractivity contribution in [3.8, 4) is 6.07 Å². The summed E-state index contributed by atoms with van der Waals surface area (Å²) in [6.07, 6.45) is 0. The molecule has 0 saturated heterocycles. The number of anilines is 2. The fourth-order valence-corrected chi connectivity index (χ4v) is 2.38. The van der Waals surface area contributed by atoms with Crippen molar-refractivity contribution >= 4 is 17.2 Å². The van der Waals surface area contributed by atoms with Gasteiger partial charge in [0.2, 0.25) is 0 Å². The van der Waals surface area contributed by atoms with Crippen LogP contribution in [-0.4, -0.2) is 12.3 Å². The van der Waals surface area contributed by atoms with Gasteiger partial charge in [-0.2, -0.15) is 5.26 Å². The largest absolute Gasteiger partial charge is 0.378 e. The van der Waals surface area contributed by atoms with Gasteiger partial charge in [0.1, 0.15) is 11.6 Å². The summed E-state index contributed by atoms with van der Waals surface area (Å²) in [5.74, 6) is -0.239. The van der Waals surface area contributed by atoms with Crippen molar-refractivity contribution in [2.75, 3.05) is 17.2 Å². The van der Waals surface area contributed by atoms with Crippen LogP contribution in [0, 0.1) is 25.2 Å². The van der Waals surface area contributed by atoms with Gasteiger partial charge in [-0.1, -0.05) is 24.3 Å². The molecule has 0 heterocycles. The summed E-state index contributed by atoms with van der Waals surface area (Å²) < 4.78 is 0. The molecule has 0 aromatic heterocycles. The van der Waals surface area contributed by atoms with Crippen molar-refractivity contribution < 1.29 is 4.79 Å². The van der Waals surface area contributed by atoms with Gasteiger partial charge in [-0.05, 0) is 56.2 Å². The van der Waals surface area contributed by atoms with Crippen molar-refractivity contribution in [1.29, 1.82) is 5.26 Å². The van der Waals surface area contributed by atoms with Crippen LogP contribution in [0.5, 0.6) is 0 Å². The molecule has 0 atom stereocenters. The first kappa shape index (κ1) is 17.3. The van der Waals surface area contributed by atoms with Crippen molar-refractivity contribution in [2.45, 2.75) is 20.8 Å². The van der Waals surface area contributed by atoms with Crippen LogP contribution in [0.1, 0.15) is 18.1 Å². The molecular weight excluding hydrogens is 298 g/mol. The molecule has 2 N–H and O–H groups in total. The van der Waals surface area contributed by atoms with Gasteiger partial charge in [0.15, 0.2) is 5.78 Å². The van der Waals surface area contributed by atoms with E-state index < -0.39 is 0 Å². The average molecular weight is 319 g/mol. The first-order valence-electron chi connectivity index (χ1n) is 7.78. The molecule has 0 unspecified atom stereocenters. The van der Waals surface area contributed by atoms with E-state index in [-0.39, 0.29) is 17.9 Å². The summed E-state index contributed by atoms with van der Waals surface area (Å²) >= 11 is 0. The quantitative estimate of drug-likeness (QED) is 0.619. The number of hydrogen-bond donors (Lipinski definition) is 2. The van der Waals surface area contributed by atoms with Gasteiger partial charge in [0.25, 0.3) is 0 Å². The highest BCUT2D eigenvalue weighted by Gasteiger charge is 2.13. The van der Waals surface area contributed by atoms with Gasteiger partial charge in [0, 0.05) is 17.1 Å². The Bertz CT molecular complexity index is 816. The van der Waals surface area contributed by atoms with Gasteiger partial charge in [-0.25, -0.2) is 0 Å². The van der Waals surface area contributed by atoms with Gasteiger partial charge >= 0.3 is 0 Å². The number of carbonyl (C=O) groups is 1. The van der Waals surface area contributed by atoms with Crippen molar-refractivity contribution in [3.05, 3.63) is 70.9 Å². The number of nitrogens with one attached hydrogen (secondary N) is 2. The number of allylic oxidation sites excluding steroid dienone is 1. The third-order valence-corrected chi connectivity index (χ3v) is 3.59. The molecule has 0 bridgehead atoms. The summed E-state index contributed by atoms with van der Waals surface area (Å²) in [5.41, 5.74) is 4.64. The third kappa shape index (κ3) is 4.72. The highest BCUT2D eigenvalue weighted by atomic mass is 16.1. The SMILES string of the molecule is C/C(Nc1cccc(C)c1)=C(/C#N)C(=O)CNc1cccc(C)c1. The lowest BCUT2D eigenvalue weighted by molar-refractivity contribution is -0.113. The van der Waals surface area contributed by atoms with Crippen molar-refractivity contribution in [3.63, 3.8) is 0 Å². The molecule has 122 valence electrons. The van der Waals surface area contributed by atoms with Crippen LogP contribution in [0.4, 0.5) is 11.4 Å². The molecule has 2 aromatic carbocycles. The van der Waals surface area contributed by atoms with E-state index in [1.54, 1.807) is 6.92 Å². The lowest BCUT2D eigenvalue weighted by Crippen LogP contribution is -2.18. The van der Waals surface area contributed by atoms with E-state index in [0.29, 0.717) is 5.70 Å². The molecule has 2 aromatic rings. The van der Waals surface area contributed by atoms with Crippen LogP contribution in [0.3, 0.4) is 0 Å². The fraction of sp³-hybridized carbons (Fsp3) is 0.200. The Morgan fingerprint density at radius 3 is 2.21 bits per heavy atom. The molecular formula is C20H21N3O. The predicted molar refractivity (Wildman–Crippen MR) is 97.8 cm³/mol. The Kier molecular flexibility index (Phi) is 5.75. The van der Waals surface area contributed by atoms with E-state index in [0.717, 1.165) is 22.5 Å². The van der Waals surface area contributed by atoms with E-state index in [1.807, 2.05) is 68.4 Å². The summed E-state index contributed by atoms with van der Waals surface area (Å²) in [6.45, 7) is 5.81. The Balaban J connectivity index is 2.08. The van der Waals surface area contributed by atoms with E-state index in [9.17, 15) is 10.1 Å². The number of nitrogens with zero attached hydrogens (tertiary/aromatic N) is 1. The first-order chi connectivity index (χ1) is 11.5. The Morgan fingerprint density at radius 1 is 1.04 bits per heavy atom. The molecule has 0 aliphatic rings. The van der Waals surface area contributed by atoms with Gasteiger partial charge in [-0.15, -0.1) is 0 Å². The molecule has 2 rings (SSSR count). The highest BCUT2D eigenvalue weighted by molar-refractivity contribution is 6.02. The average Bonchev–Trinajstić information content (AvgIpc) is 2.53. The predicted octanol–water partition coefficient (Wildman–Crippen LogP) is 4.19. The van der Waals surface area contributed by atoms with Gasteiger partial charge in [-0.3, -0.25) is 4.79 Å². The van der Waals surface area contributed by atoms with E-state index in [4.69, 9.17) is 0 Å². The molecule has 24 heavy (non-hydrogen) atoms. The second kappa shape index (κ2) is 7.98. The molecule has 4 heteroatoms. The lowest BCUT2D eigenvalue weighted by Gasteiger charge is -2.11. The zero-order valence-corrected chi connectivity index (χ0v) is 14.2. The Labute approximate surface area is 142 Å². The number of nitriles is 1. The van der Waals surface area contributed by atoms with Crippen LogP contribution in [0.15, 0.2) is 59.8 Å². The van der Waals surface area contributed by atoms with E-state index >= 15 is 0 Å². The minimum absolute atomic E-state index is 0.0825. The molecule has 0 fully saturated rings. The fourth-order valence-electron chi connectivity index (χ4n) is 2.38. The van der Waals surface area contributed by atoms with Crippen LogP contribution in [-0.2, 0) is 4.79 Å². The minimum Gasteiger partial charge on any atom is -0.378 e. The summed E-state index contributed by atoms with van der Waals surface area (Å²) in [7, 11) is 0. The second-order valence-corrected chi connectivity index (χ2v) is 5.75. The smallest absolute Gasteiger partial charge is 0.194 e. The number of aryl methyl sites for hydroxylation is 2. The normalized spacial score (nSPS) is 11.2. The Hall–Kier alpha value is -3.06. The topological polar surface area (TPSA) is 64.9 Å². The lowest BCUT2D eigenvalue weighted by atomic mass is 10.1. The molecule has 0 spiro atoms. The maximum atomic E-state index is 12.3. The van der Waals surface area contributed by atoms with Crippen LogP contribution in [0.25, 0.3) is 0 Å². The van der Waals surface area contributed by atoms with Crippen molar-refractivity contribution in [2.24, 2.45) is 0 Å². The molecule has 4 nitrogen and oxygen atoms in total. The number of Topliss-reactive ketones (excluding diaryl/α,β-unsaturated/α-hetero) is 1. The number of rotatable bonds is 6.